The van der Waals surface area contributed by atoms with Gasteiger partial charge in [-0.05, 0) is 42.3 Å². The van der Waals surface area contributed by atoms with Crippen LogP contribution in [-0.4, -0.2) is 26.7 Å². The number of ether oxygens (including phenoxy) is 2. The molecule has 0 N–H and O–H groups in total. The van der Waals surface area contributed by atoms with Gasteiger partial charge in [-0.2, -0.15) is 0 Å². The van der Waals surface area contributed by atoms with Crippen LogP contribution in [0.4, 0.5) is 5.69 Å². The second kappa shape index (κ2) is 10.5. The molecule has 0 radical (unpaired) electrons. The van der Waals surface area contributed by atoms with E-state index in [9.17, 15) is 4.79 Å². The summed E-state index contributed by atoms with van der Waals surface area (Å²) >= 11 is 0. The van der Waals surface area contributed by atoms with E-state index in [2.05, 4.69) is 4.90 Å². The summed E-state index contributed by atoms with van der Waals surface area (Å²) in [5, 5.41) is 0. The number of carbonyl (C=O) groups excluding carboxylic acids is 1. The van der Waals surface area contributed by atoms with Crippen molar-refractivity contribution in [2.24, 2.45) is 0 Å². The van der Waals surface area contributed by atoms with Gasteiger partial charge in [-0.25, -0.2) is 4.79 Å². The summed E-state index contributed by atoms with van der Waals surface area (Å²) in [6, 6.07) is 27.7. The van der Waals surface area contributed by atoms with Gasteiger partial charge in [0.2, 0.25) is 0 Å². The van der Waals surface area contributed by atoms with Crippen molar-refractivity contribution in [3.05, 3.63) is 102 Å². The van der Waals surface area contributed by atoms with Crippen LogP contribution in [0, 0.1) is 0 Å². The Kier molecular flexibility index (Phi) is 7.50. The van der Waals surface area contributed by atoms with Crippen LogP contribution in [0.5, 0.6) is 5.75 Å². The molecule has 0 bridgehead atoms. The van der Waals surface area contributed by atoms with Gasteiger partial charge in [0.05, 0.1) is 14.2 Å². The Morgan fingerprint density at radius 3 is 2.06 bits per heavy atom. The van der Waals surface area contributed by atoms with Gasteiger partial charge in [0.15, 0.2) is 5.54 Å². The Bertz CT molecular complexity index is 984. The van der Waals surface area contributed by atoms with Gasteiger partial charge < -0.3 is 14.4 Å². The number of likely N-dealkylation sites (N-methyl/N-ethyl adjacent to an activating group) is 1. The van der Waals surface area contributed by atoms with Crippen LogP contribution >= 0.6 is 0 Å². The average Bonchev–Trinajstić information content (AvgIpc) is 2.84. The van der Waals surface area contributed by atoms with E-state index in [1.807, 2.05) is 104 Å². The molecule has 0 aliphatic heterocycles. The number of rotatable bonds is 9. The van der Waals surface area contributed by atoms with Crippen molar-refractivity contribution in [3.8, 4) is 5.75 Å². The van der Waals surface area contributed by atoms with Crippen molar-refractivity contribution >= 4 is 17.7 Å². The van der Waals surface area contributed by atoms with Gasteiger partial charge in [-0.3, -0.25) is 0 Å². The molecule has 31 heavy (non-hydrogen) atoms. The lowest BCUT2D eigenvalue weighted by Crippen LogP contribution is -2.53. The molecule has 3 rings (SSSR count). The molecule has 3 aromatic rings. The van der Waals surface area contributed by atoms with Crippen molar-refractivity contribution < 1.29 is 14.3 Å². The summed E-state index contributed by atoms with van der Waals surface area (Å²) in [6.07, 6.45) is 4.55. The van der Waals surface area contributed by atoms with Crippen molar-refractivity contribution in [1.82, 2.24) is 0 Å². The number of hydrogen-bond donors (Lipinski definition) is 0. The average molecular weight is 416 g/mol. The fraction of sp³-hybridized carbons (Fsp3) is 0.222. The topological polar surface area (TPSA) is 38.8 Å². The third-order valence-corrected chi connectivity index (χ3v) is 5.46. The summed E-state index contributed by atoms with van der Waals surface area (Å²) in [7, 11) is 3.09. The number of esters is 1. The molecule has 4 heteroatoms. The fourth-order valence-corrected chi connectivity index (χ4v) is 3.94. The second-order valence-electron chi connectivity index (χ2n) is 7.18. The van der Waals surface area contributed by atoms with E-state index < -0.39 is 5.54 Å². The summed E-state index contributed by atoms with van der Waals surface area (Å²) < 4.78 is 10.7. The number of methoxy groups -OCH3 is 2. The highest BCUT2D eigenvalue weighted by molar-refractivity contribution is 5.87. The van der Waals surface area contributed by atoms with Crippen LogP contribution < -0.4 is 9.64 Å². The molecule has 0 aromatic heterocycles. The lowest BCUT2D eigenvalue weighted by molar-refractivity contribution is -0.147. The van der Waals surface area contributed by atoms with Crippen LogP contribution in [0.2, 0.25) is 0 Å². The minimum Gasteiger partial charge on any atom is -0.497 e. The van der Waals surface area contributed by atoms with Crippen LogP contribution in [0.1, 0.15) is 24.5 Å². The Morgan fingerprint density at radius 2 is 1.52 bits per heavy atom. The number of carbonyl (C=O) groups is 1. The molecule has 4 nitrogen and oxygen atoms in total. The molecule has 0 saturated carbocycles. The fourth-order valence-electron chi connectivity index (χ4n) is 3.94. The van der Waals surface area contributed by atoms with Gasteiger partial charge in [-0.15, -0.1) is 0 Å². The number of anilines is 1. The van der Waals surface area contributed by atoms with Crippen LogP contribution in [0.15, 0.2) is 91.0 Å². The van der Waals surface area contributed by atoms with Gasteiger partial charge in [0.25, 0.3) is 0 Å². The lowest BCUT2D eigenvalue weighted by atomic mass is 9.83. The maximum absolute atomic E-state index is 13.5. The minimum atomic E-state index is -1.01. The summed E-state index contributed by atoms with van der Waals surface area (Å²) in [5.74, 6) is 0.473. The molecule has 0 saturated heterocycles. The predicted octanol–water partition coefficient (Wildman–Crippen LogP) is 5.69. The Labute approximate surface area is 184 Å². The first-order chi connectivity index (χ1) is 15.2. The molecule has 0 amide bonds. The SMILES string of the molecule is CCN(c1ccc(OC)cc1)[C@](C/C=C/c1ccccc1)(C(=O)OC)c1ccccc1. The Hall–Kier alpha value is -3.53. The van der Waals surface area contributed by atoms with Crippen molar-refractivity contribution in [1.29, 1.82) is 0 Å². The quantitative estimate of drug-likeness (QED) is 0.421. The maximum atomic E-state index is 13.5. The first kappa shape index (κ1) is 22.2. The van der Waals surface area contributed by atoms with E-state index in [4.69, 9.17) is 9.47 Å². The Morgan fingerprint density at radius 1 is 0.903 bits per heavy atom. The molecule has 0 heterocycles. The molecule has 0 spiro atoms. The van der Waals surface area contributed by atoms with E-state index in [0.29, 0.717) is 13.0 Å². The first-order valence-electron chi connectivity index (χ1n) is 10.4. The van der Waals surface area contributed by atoms with E-state index in [-0.39, 0.29) is 5.97 Å². The van der Waals surface area contributed by atoms with E-state index >= 15 is 0 Å². The minimum absolute atomic E-state index is 0.297. The Balaban J connectivity index is 2.12. The van der Waals surface area contributed by atoms with Crippen molar-refractivity contribution in [2.75, 3.05) is 25.7 Å². The van der Waals surface area contributed by atoms with Gasteiger partial charge in [0.1, 0.15) is 5.75 Å². The van der Waals surface area contributed by atoms with Crippen LogP contribution in [0.3, 0.4) is 0 Å². The highest BCUT2D eigenvalue weighted by atomic mass is 16.5. The van der Waals surface area contributed by atoms with E-state index in [1.54, 1.807) is 7.11 Å². The summed E-state index contributed by atoms with van der Waals surface area (Å²) in [5.41, 5.74) is 1.88. The normalized spacial score (nSPS) is 12.9. The van der Waals surface area contributed by atoms with Gasteiger partial charge in [-0.1, -0.05) is 72.8 Å². The molecule has 0 aliphatic carbocycles. The molecule has 0 fully saturated rings. The highest BCUT2D eigenvalue weighted by Gasteiger charge is 2.45. The largest absolute Gasteiger partial charge is 0.497 e. The third kappa shape index (κ3) is 4.80. The highest BCUT2D eigenvalue weighted by Crippen LogP contribution is 2.38. The lowest BCUT2D eigenvalue weighted by Gasteiger charge is -2.42. The zero-order valence-corrected chi connectivity index (χ0v) is 18.3. The standard InChI is InChI=1S/C27H29NO3/c1-4-28(24-17-19-25(30-2)20-18-24)27(26(29)31-3,23-15-9-6-10-16-23)21-11-14-22-12-7-5-8-13-22/h5-20H,4,21H2,1-3H3/b14-11+/t27-/m0/s1. The zero-order valence-electron chi connectivity index (χ0n) is 18.3. The monoisotopic (exact) mass is 415 g/mol. The zero-order chi connectivity index (χ0) is 22.1. The molecule has 0 unspecified atom stereocenters. The van der Waals surface area contributed by atoms with E-state index in [1.165, 1.54) is 7.11 Å². The van der Waals surface area contributed by atoms with Gasteiger partial charge in [0, 0.05) is 18.7 Å². The van der Waals surface area contributed by atoms with Crippen molar-refractivity contribution in [2.45, 2.75) is 18.9 Å². The number of hydrogen-bond acceptors (Lipinski definition) is 4. The molecule has 160 valence electrons. The molecular weight excluding hydrogens is 386 g/mol. The summed E-state index contributed by atoms with van der Waals surface area (Å²) in [4.78, 5) is 15.6. The number of benzene rings is 3. The molecule has 1 atom stereocenters. The van der Waals surface area contributed by atoms with Crippen LogP contribution in [0.25, 0.3) is 6.08 Å². The van der Waals surface area contributed by atoms with E-state index in [0.717, 1.165) is 22.6 Å². The molecular formula is C27H29NO3. The third-order valence-electron chi connectivity index (χ3n) is 5.46. The smallest absolute Gasteiger partial charge is 0.336 e. The van der Waals surface area contributed by atoms with Crippen LogP contribution in [-0.2, 0) is 15.1 Å². The second-order valence-corrected chi connectivity index (χ2v) is 7.18. The molecule has 0 aliphatic rings. The number of nitrogens with zero attached hydrogens (tertiary/aromatic N) is 1. The predicted molar refractivity (Wildman–Crippen MR) is 126 cm³/mol. The molecule has 3 aromatic carbocycles. The van der Waals surface area contributed by atoms with Crippen molar-refractivity contribution in [3.63, 3.8) is 0 Å². The first-order valence-corrected chi connectivity index (χ1v) is 10.4. The van der Waals surface area contributed by atoms with Gasteiger partial charge >= 0.3 is 5.97 Å². The maximum Gasteiger partial charge on any atom is 0.336 e. The summed E-state index contributed by atoms with van der Waals surface area (Å²) in [6.45, 7) is 2.67.